The summed E-state index contributed by atoms with van der Waals surface area (Å²) in [5.74, 6) is -5.37. The van der Waals surface area contributed by atoms with Crippen molar-refractivity contribution in [3.05, 3.63) is 41.5 Å². The second-order valence-corrected chi connectivity index (χ2v) is 13.7. The molecule has 2 aromatic carbocycles. The summed E-state index contributed by atoms with van der Waals surface area (Å²) in [6, 6.07) is 6.01. The Bertz CT molecular complexity index is 1790. The highest BCUT2D eigenvalue weighted by atomic mass is 16.2. The standard InChI is InChI=1S/C30H32B13N9O4/c31-16-15(17(32)19(34)20(35)18(16)33)29(41,42)30(43,24(56)52-26(36,23(46)55)10-27(37,38)28(39,40)11-44)51-22(54)14(7-4-8-49-25(47)48)50-21(53)13(45)9-12-5-2-1-3-6-12/h1-3,5-6,13-14H,4,7-11,44-45H2,(H2,46,55)(H,50,53)(H,51,54)(H,52,56)(H4,47,48,49)/t13-,14+,26-,30+/m0/s1. The third-order valence-corrected chi connectivity index (χ3v) is 9.21. The van der Waals surface area contributed by atoms with Gasteiger partial charge in [-0.3, -0.25) is 24.2 Å². The number of aliphatic imine (C=N–C) groups is 1. The molecule has 0 aliphatic carbocycles. The first kappa shape index (κ1) is 48.5. The number of guanidine groups is 1. The maximum absolute atomic E-state index is 14.5. The summed E-state index contributed by atoms with van der Waals surface area (Å²) in [6.45, 7) is -0.555. The van der Waals surface area contributed by atoms with Crippen molar-refractivity contribution in [1.29, 1.82) is 0 Å². The van der Waals surface area contributed by atoms with Crippen LogP contribution in [0.15, 0.2) is 35.3 Å². The van der Waals surface area contributed by atoms with Gasteiger partial charge in [0.2, 0.25) is 23.6 Å². The number of nitrogens with one attached hydrogen (secondary N) is 3. The highest BCUT2D eigenvalue weighted by molar-refractivity contribution is 6.68. The predicted molar refractivity (Wildman–Crippen MR) is 231 cm³/mol. The molecule has 0 fully saturated rings. The average Bonchev–Trinajstić information content (AvgIpc) is 3.10. The maximum atomic E-state index is 14.5. The first-order valence-electron chi connectivity index (χ1n) is 16.7. The number of hydrogen-bond donors (Lipinski definition) is 8. The Hall–Kier alpha value is -3.65. The lowest BCUT2D eigenvalue weighted by atomic mass is 9.27. The molecule has 13 nitrogen and oxygen atoms in total. The highest BCUT2D eigenvalue weighted by Crippen LogP contribution is 2.46. The number of nitrogens with two attached hydrogens (primary N) is 5. The molecule has 0 aromatic heterocycles. The van der Waals surface area contributed by atoms with Crippen molar-refractivity contribution in [2.24, 2.45) is 33.7 Å². The molecule has 0 saturated carbocycles. The van der Waals surface area contributed by atoms with Crippen molar-refractivity contribution in [3.63, 3.8) is 0 Å². The van der Waals surface area contributed by atoms with Gasteiger partial charge in [0.25, 0.3) is 0 Å². The Labute approximate surface area is 345 Å². The molecule has 0 unspecified atom stereocenters. The van der Waals surface area contributed by atoms with E-state index in [1.54, 1.807) is 30.3 Å². The summed E-state index contributed by atoms with van der Waals surface area (Å²) >= 11 is 0. The van der Waals surface area contributed by atoms with Gasteiger partial charge < -0.3 is 44.6 Å². The Balaban J connectivity index is 2.78. The first-order valence-corrected chi connectivity index (χ1v) is 16.7. The van der Waals surface area contributed by atoms with Gasteiger partial charge in [0, 0.05) is 6.54 Å². The van der Waals surface area contributed by atoms with Crippen LogP contribution in [0.2, 0.25) is 10.4 Å². The zero-order chi connectivity index (χ0) is 43.2. The van der Waals surface area contributed by atoms with E-state index >= 15 is 0 Å². The SMILES string of the molecule is [B]c1c([B])c([B])c(C([B])([B])[C@]([B])(NC(=O)[C@@H](CCCN=C(N)N)NC(=O)[C@@H](N)Cc2ccccc2)C(=O)N[C@@]([B])(CC([B])([B])C([B])([B])CN)C(N)=O)c([B])c1[B]. The fourth-order valence-electron chi connectivity index (χ4n) is 5.44. The van der Waals surface area contributed by atoms with Crippen LogP contribution in [0, 0.1) is 0 Å². The van der Waals surface area contributed by atoms with Crippen molar-refractivity contribution < 1.29 is 19.2 Å². The highest BCUT2D eigenvalue weighted by Gasteiger charge is 2.52. The van der Waals surface area contributed by atoms with Gasteiger partial charge in [-0.05, 0) is 37.8 Å². The van der Waals surface area contributed by atoms with E-state index in [0.717, 1.165) is 0 Å². The number of rotatable bonds is 19. The largest absolute Gasteiger partial charge is 0.370 e. The topological polar surface area (TPSA) is 247 Å². The zero-order valence-electron chi connectivity index (χ0n) is 30.8. The Morgan fingerprint density at radius 2 is 1.25 bits per heavy atom. The molecule has 0 bridgehead atoms. The number of carbonyl (C=O) groups is 4. The van der Waals surface area contributed by atoms with E-state index in [0.29, 0.717) is 5.56 Å². The minimum absolute atomic E-state index is 0.0120. The maximum Gasteiger partial charge on any atom is 0.242 e. The molecule has 2 rings (SSSR count). The van der Waals surface area contributed by atoms with Crippen LogP contribution in [0.25, 0.3) is 0 Å². The molecule has 260 valence electrons. The number of hydrogen-bond acceptors (Lipinski definition) is 7. The van der Waals surface area contributed by atoms with Crippen LogP contribution in [-0.2, 0) is 30.8 Å². The van der Waals surface area contributed by atoms with Gasteiger partial charge in [-0.1, -0.05) is 46.3 Å². The summed E-state index contributed by atoms with van der Waals surface area (Å²) in [5.41, 5.74) is 20.3. The number of primary amides is 1. The van der Waals surface area contributed by atoms with Gasteiger partial charge in [0.15, 0.2) is 5.96 Å². The fourth-order valence-corrected chi connectivity index (χ4v) is 5.44. The average molecular weight is 723 g/mol. The van der Waals surface area contributed by atoms with E-state index in [2.05, 4.69) is 20.9 Å². The van der Waals surface area contributed by atoms with Gasteiger partial charge in [-0.25, -0.2) is 0 Å². The van der Waals surface area contributed by atoms with Gasteiger partial charge in [0.1, 0.15) is 61.0 Å². The molecule has 26 heteroatoms. The number of carbonyl (C=O) groups excluding carboxylic acids is 4. The van der Waals surface area contributed by atoms with Gasteiger partial charge in [-0.2, -0.15) is 0 Å². The minimum atomic E-state index is -3.21. The molecule has 0 spiro atoms. The van der Waals surface area contributed by atoms with Crippen molar-refractivity contribution in [2.75, 3.05) is 13.1 Å². The predicted octanol–water partition coefficient (Wildman–Crippen LogP) is -11.0. The van der Waals surface area contributed by atoms with Crippen LogP contribution in [-0.4, -0.2) is 168 Å². The summed E-state index contributed by atoms with van der Waals surface area (Å²) in [7, 11) is 80.8. The lowest BCUT2D eigenvalue weighted by Crippen LogP contribution is -2.77. The van der Waals surface area contributed by atoms with Crippen LogP contribution < -0.4 is 71.9 Å². The molecule has 56 heavy (non-hydrogen) atoms. The Morgan fingerprint density at radius 3 is 1.73 bits per heavy atom. The van der Waals surface area contributed by atoms with E-state index in [1.807, 2.05) is 0 Å². The summed E-state index contributed by atoms with van der Waals surface area (Å²) in [4.78, 5) is 58.9. The van der Waals surface area contributed by atoms with Crippen molar-refractivity contribution >= 4 is 159 Å². The summed E-state index contributed by atoms with van der Waals surface area (Å²) in [5, 5.41) is -0.584. The quantitative estimate of drug-likeness (QED) is 0.0299. The third-order valence-electron chi connectivity index (χ3n) is 9.21. The summed E-state index contributed by atoms with van der Waals surface area (Å²) < 4.78 is 0. The first-order chi connectivity index (χ1) is 25.6. The van der Waals surface area contributed by atoms with Gasteiger partial charge in [-0.15, -0.1) is 32.5 Å². The van der Waals surface area contributed by atoms with Crippen LogP contribution in [0.3, 0.4) is 0 Å². The molecular weight excluding hydrogens is 691 g/mol. The molecule has 13 N–H and O–H groups in total. The molecule has 0 heterocycles. The van der Waals surface area contributed by atoms with E-state index < -0.39 is 91.7 Å². The molecule has 4 atom stereocenters. The number of amides is 4. The molecule has 0 aliphatic heterocycles. The second-order valence-electron chi connectivity index (χ2n) is 13.7. The molecule has 0 saturated heterocycles. The molecule has 4 amide bonds. The van der Waals surface area contributed by atoms with Gasteiger partial charge >= 0.3 is 0 Å². The van der Waals surface area contributed by atoms with Crippen molar-refractivity contribution in [1.82, 2.24) is 16.0 Å². The third kappa shape index (κ3) is 10.8. The second kappa shape index (κ2) is 18.7. The molecule has 26 radical (unpaired) electrons. The van der Waals surface area contributed by atoms with Crippen LogP contribution in [0.4, 0.5) is 0 Å². The lowest BCUT2D eigenvalue weighted by molar-refractivity contribution is -0.135. The number of benzene rings is 2. The van der Waals surface area contributed by atoms with E-state index in [4.69, 9.17) is 131 Å². The van der Waals surface area contributed by atoms with E-state index in [-0.39, 0.29) is 48.2 Å². The minimum Gasteiger partial charge on any atom is -0.370 e. The monoisotopic (exact) mass is 725 g/mol. The van der Waals surface area contributed by atoms with E-state index in [9.17, 15) is 19.2 Å². The van der Waals surface area contributed by atoms with Crippen LogP contribution in [0.1, 0.15) is 30.4 Å². The normalized spacial score (nSPS) is 15.2. The molecular formula is C30H32B13N9O4. The molecule has 0 aliphatic rings. The van der Waals surface area contributed by atoms with Crippen molar-refractivity contribution in [3.8, 4) is 0 Å². The smallest absolute Gasteiger partial charge is 0.242 e. The van der Waals surface area contributed by atoms with Crippen LogP contribution >= 0.6 is 0 Å². The fraction of sp³-hybridized carbons (Fsp3) is 0.433. The lowest BCUT2D eigenvalue weighted by Gasteiger charge is -2.51. The van der Waals surface area contributed by atoms with E-state index in [1.165, 1.54) is 0 Å². The molecule has 2 aromatic rings. The Morgan fingerprint density at radius 1 is 0.732 bits per heavy atom. The van der Waals surface area contributed by atoms with Crippen LogP contribution in [0.5, 0.6) is 0 Å². The van der Waals surface area contributed by atoms with Gasteiger partial charge in [0.05, 0.1) is 64.0 Å². The number of nitrogens with zero attached hydrogens (tertiary/aromatic N) is 1. The summed E-state index contributed by atoms with van der Waals surface area (Å²) in [6.07, 6.45) is -1.05. The Kier molecular flexibility index (Phi) is 16.2. The van der Waals surface area contributed by atoms with Crippen molar-refractivity contribution in [2.45, 2.75) is 64.3 Å². The zero-order valence-corrected chi connectivity index (χ0v) is 30.8.